The van der Waals surface area contributed by atoms with Crippen LogP contribution in [0.1, 0.15) is 29.7 Å². The molecule has 116 valence electrons. The summed E-state index contributed by atoms with van der Waals surface area (Å²) in [6.07, 6.45) is 0.832. The number of carboxylic acid groups (broad SMARTS) is 1. The Hall–Kier alpha value is -2.50. The average Bonchev–Trinajstić information content (AvgIpc) is 2.96. The van der Waals surface area contributed by atoms with Crippen LogP contribution in [0.5, 0.6) is 5.75 Å². The van der Waals surface area contributed by atoms with Crippen molar-refractivity contribution >= 4 is 11.7 Å². The number of furan rings is 1. The molecule has 0 saturated heterocycles. The van der Waals surface area contributed by atoms with Crippen molar-refractivity contribution < 1.29 is 23.4 Å². The molecular weight excluding hydrogens is 289 g/mol. The number of hydrogen-bond donors (Lipinski definition) is 1. The largest absolute Gasteiger partial charge is 0.486 e. The van der Waals surface area contributed by atoms with Crippen molar-refractivity contribution in [2.75, 3.05) is 11.4 Å². The van der Waals surface area contributed by atoms with E-state index in [-0.39, 0.29) is 17.7 Å². The molecule has 0 radical (unpaired) electrons. The van der Waals surface area contributed by atoms with Crippen LogP contribution in [0, 0.1) is 5.82 Å². The highest BCUT2D eigenvalue weighted by Gasteiger charge is 2.26. The van der Waals surface area contributed by atoms with Crippen LogP contribution in [0.2, 0.25) is 0 Å². The van der Waals surface area contributed by atoms with Crippen LogP contribution in [0.3, 0.4) is 0 Å². The summed E-state index contributed by atoms with van der Waals surface area (Å²) in [5, 5.41) is 8.90. The fourth-order valence-corrected chi connectivity index (χ4v) is 2.53. The van der Waals surface area contributed by atoms with Gasteiger partial charge in [0.05, 0.1) is 18.8 Å². The lowest BCUT2D eigenvalue weighted by atomic mass is 10.1. The minimum atomic E-state index is -1.11. The second-order valence-corrected chi connectivity index (χ2v) is 5.21. The van der Waals surface area contributed by atoms with Crippen LogP contribution >= 0.6 is 0 Å². The van der Waals surface area contributed by atoms with Gasteiger partial charge in [0.1, 0.15) is 23.4 Å². The van der Waals surface area contributed by atoms with E-state index in [4.69, 9.17) is 14.3 Å². The van der Waals surface area contributed by atoms with E-state index in [1.807, 2.05) is 11.8 Å². The van der Waals surface area contributed by atoms with Crippen LogP contribution in [0.25, 0.3) is 0 Å². The van der Waals surface area contributed by atoms with E-state index in [0.29, 0.717) is 30.3 Å². The quantitative estimate of drug-likeness (QED) is 0.939. The normalized spacial score (nSPS) is 17.0. The Morgan fingerprint density at radius 3 is 2.91 bits per heavy atom. The molecular formula is C16H16FNO4. The van der Waals surface area contributed by atoms with E-state index in [9.17, 15) is 9.18 Å². The van der Waals surface area contributed by atoms with E-state index in [0.717, 1.165) is 6.42 Å². The summed E-state index contributed by atoms with van der Waals surface area (Å²) in [6, 6.07) is 7.44. The third kappa shape index (κ3) is 2.77. The molecule has 1 N–H and O–H groups in total. The molecule has 6 heteroatoms. The van der Waals surface area contributed by atoms with Gasteiger partial charge in [0.15, 0.2) is 0 Å². The van der Waals surface area contributed by atoms with Gasteiger partial charge in [0.25, 0.3) is 0 Å². The van der Waals surface area contributed by atoms with Crippen molar-refractivity contribution in [3.8, 4) is 5.75 Å². The lowest BCUT2D eigenvalue weighted by Crippen LogP contribution is -2.39. The fourth-order valence-electron chi connectivity index (χ4n) is 2.53. The van der Waals surface area contributed by atoms with Crippen molar-refractivity contribution in [2.45, 2.75) is 26.0 Å². The molecule has 2 heterocycles. The van der Waals surface area contributed by atoms with Crippen LogP contribution in [-0.4, -0.2) is 23.7 Å². The van der Waals surface area contributed by atoms with Gasteiger partial charge in [-0.1, -0.05) is 6.92 Å². The predicted octanol–water partition coefficient (Wildman–Crippen LogP) is 3.29. The zero-order valence-electron chi connectivity index (χ0n) is 12.1. The number of rotatable bonds is 4. The van der Waals surface area contributed by atoms with E-state index in [2.05, 4.69) is 0 Å². The van der Waals surface area contributed by atoms with Crippen molar-refractivity contribution in [1.82, 2.24) is 0 Å². The predicted molar refractivity (Wildman–Crippen MR) is 77.8 cm³/mol. The third-order valence-corrected chi connectivity index (χ3v) is 3.65. The second-order valence-electron chi connectivity index (χ2n) is 5.21. The summed E-state index contributed by atoms with van der Waals surface area (Å²) < 4.78 is 24.6. The molecule has 1 aromatic heterocycles. The maximum atomic E-state index is 13.5. The van der Waals surface area contributed by atoms with Crippen molar-refractivity contribution in [3.63, 3.8) is 0 Å². The lowest BCUT2D eigenvalue weighted by Gasteiger charge is -2.35. The minimum absolute atomic E-state index is 0.00636. The number of carbonyl (C=O) groups is 1. The second kappa shape index (κ2) is 5.71. The summed E-state index contributed by atoms with van der Waals surface area (Å²) in [7, 11) is 0. The third-order valence-electron chi connectivity index (χ3n) is 3.65. The highest BCUT2D eigenvalue weighted by atomic mass is 19.1. The Kier molecular flexibility index (Phi) is 3.75. The Labute approximate surface area is 126 Å². The zero-order chi connectivity index (χ0) is 15.7. The number of aromatic carboxylic acids is 1. The van der Waals surface area contributed by atoms with E-state index >= 15 is 0 Å². The molecule has 0 bridgehead atoms. The molecule has 0 spiro atoms. The molecule has 0 aliphatic carbocycles. The smallest absolute Gasteiger partial charge is 0.371 e. The maximum Gasteiger partial charge on any atom is 0.371 e. The first-order valence-electron chi connectivity index (χ1n) is 7.10. The van der Waals surface area contributed by atoms with Crippen LogP contribution in [-0.2, 0) is 6.54 Å². The summed E-state index contributed by atoms with van der Waals surface area (Å²) in [6.45, 7) is 2.98. The molecule has 1 atom stereocenters. The Morgan fingerprint density at radius 1 is 1.41 bits per heavy atom. The van der Waals surface area contributed by atoms with Gasteiger partial charge in [0, 0.05) is 6.07 Å². The van der Waals surface area contributed by atoms with Crippen LogP contribution < -0.4 is 9.64 Å². The molecule has 1 aromatic carbocycles. The maximum absolute atomic E-state index is 13.5. The summed E-state index contributed by atoms with van der Waals surface area (Å²) in [5.74, 6) is -0.400. The molecule has 0 saturated carbocycles. The van der Waals surface area contributed by atoms with Gasteiger partial charge >= 0.3 is 5.97 Å². The number of nitrogens with zero attached hydrogens (tertiary/aromatic N) is 1. The SMILES string of the molecule is CCC1CN(Cc2ccc(C(=O)O)o2)c2cc(F)ccc2O1. The molecule has 5 nitrogen and oxygen atoms in total. The lowest BCUT2D eigenvalue weighted by molar-refractivity contribution is 0.0660. The number of hydrogen-bond acceptors (Lipinski definition) is 4. The fraction of sp³-hybridized carbons (Fsp3) is 0.312. The summed E-state index contributed by atoms with van der Waals surface area (Å²) in [5.41, 5.74) is 0.651. The van der Waals surface area contributed by atoms with Gasteiger partial charge in [-0.3, -0.25) is 0 Å². The summed E-state index contributed by atoms with van der Waals surface area (Å²) in [4.78, 5) is 12.8. The van der Waals surface area contributed by atoms with Crippen molar-refractivity contribution in [3.05, 3.63) is 47.7 Å². The highest BCUT2D eigenvalue weighted by molar-refractivity contribution is 5.84. The number of carboxylic acids is 1. The molecule has 22 heavy (non-hydrogen) atoms. The van der Waals surface area contributed by atoms with Crippen molar-refractivity contribution in [2.24, 2.45) is 0 Å². The molecule has 1 unspecified atom stereocenters. The molecule has 2 aromatic rings. The first-order chi connectivity index (χ1) is 10.6. The minimum Gasteiger partial charge on any atom is -0.486 e. The van der Waals surface area contributed by atoms with Gasteiger partial charge in [-0.25, -0.2) is 9.18 Å². The molecule has 1 aliphatic rings. The molecule has 0 fully saturated rings. The van der Waals surface area contributed by atoms with Gasteiger partial charge < -0.3 is 19.2 Å². The summed E-state index contributed by atoms with van der Waals surface area (Å²) >= 11 is 0. The van der Waals surface area contributed by atoms with E-state index in [1.54, 1.807) is 12.1 Å². The van der Waals surface area contributed by atoms with Crippen molar-refractivity contribution in [1.29, 1.82) is 0 Å². The van der Waals surface area contributed by atoms with Gasteiger partial charge in [-0.15, -0.1) is 0 Å². The first-order valence-corrected chi connectivity index (χ1v) is 7.10. The Morgan fingerprint density at radius 2 is 2.23 bits per heavy atom. The van der Waals surface area contributed by atoms with Gasteiger partial charge in [-0.2, -0.15) is 0 Å². The van der Waals surface area contributed by atoms with Crippen LogP contribution in [0.4, 0.5) is 10.1 Å². The van der Waals surface area contributed by atoms with Gasteiger partial charge in [0.2, 0.25) is 5.76 Å². The first kappa shape index (κ1) is 14.4. The Bertz CT molecular complexity index is 697. The molecule has 0 amide bonds. The van der Waals surface area contributed by atoms with Gasteiger partial charge in [-0.05, 0) is 30.7 Å². The number of benzene rings is 1. The zero-order valence-corrected chi connectivity index (χ0v) is 12.1. The monoisotopic (exact) mass is 305 g/mol. The standard InChI is InChI=1S/C16H16FNO4/c1-2-11-8-18(9-12-4-6-15(22-12)16(19)20)13-7-10(17)3-5-14(13)21-11/h3-7,11H,2,8-9H2,1H3,(H,19,20). The molecule has 1 aliphatic heterocycles. The highest BCUT2D eigenvalue weighted by Crippen LogP contribution is 2.35. The van der Waals surface area contributed by atoms with Crippen LogP contribution in [0.15, 0.2) is 34.7 Å². The van der Waals surface area contributed by atoms with E-state index in [1.165, 1.54) is 18.2 Å². The topological polar surface area (TPSA) is 62.9 Å². The Balaban J connectivity index is 1.88. The van der Waals surface area contributed by atoms with E-state index < -0.39 is 5.97 Å². The average molecular weight is 305 g/mol. The number of ether oxygens (including phenoxy) is 1. The number of halogens is 1. The number of fused-ring (bicyclic) bond motifs is 1. The number of anilines is 1. The molecule has 3 rings (SSSR count).